The van der Waals surface area contributed by atoms with Gasteiger partial charge in [-0.15, -0.1) is 0 Å². The zero-order valence-corrected chi connectivity index (χ0v) is 13.1. The third-order valence-electron chi connectivity index (χ3n) is 5.08. The van der Waals surface area contributed by atoms with Crippen molar-refractivity contribution in [3.63, 3.8) is 0 Å². The molecule has 20 heavy (non-hydrogen) atoms. The van der Waals surface area contributed by atoms with Crippen LogP contribution in [-0.4, -0.2) is 30.1 Å². The molecule has 0 heterocycles. The fourth-order valence-corrected chi connectivity index (χ4v) is 3.17. The van der Waals surface area contributed by atoms with E-state index in [2.05, 4.69) is 49.1 Å². The van der Waals surface area contributed by atoms with Crippen LogP contribution in [0.3, 0.4) is 0 Å². The SMILES string of the molecule is CCN(CC1CCC1)C(C)(CN)CCc1ccccc1. The van der Waals surface area contributed by atoms with Crippen molar-refractivity contribution < 1.29 is 0 Å². The Hall–Kier alpha value is -0.860. The van der Waals surface area contributed by atoms with Gasteiger partial charge >= 0.3 is 0 Å². The molecule has 1 aliphatic rings. The molecular formula is C18H30N2. The number of aryl methyl sites for hydroxylation is 1. The van der Waals surface area contributed by atoms with E-state index >= 15 is 0 Å². The van der Waals surface area contributed by atoms with Gasteiger partial charge in [0.2, 0.25) is 0 Å². The van der Waals surface area contributed by atoms with Crippen LogP contribution in [0.2, 0.25) is 0 Å². The van der Waals surface area contributed by atoms with Gasteiger partial charge in [-0.2, -0.15) is 0 Å². The van der Waals surface area contributed by atoms with Crippen LogP contribution in [0, 0.1) is 5.92 Å². The van der Waals surface area contributed by atoms with E-state index in [1.807, 2.05) is 0 Å². The first kappa shape index (κ1) is 15.5. The molecule has 1 saturated carbocycles. The molecule has 0 amide bonds. The van der Waals surface area contributed by atoms with E-state index in [1.54, 1.807) is 0 Å². The van der Waals surface area contributed by atoms with E-state index in [9.17, 15) is 0 Å². The maximum absolute atomic E-state index is 6.14. The molecule has 0 bridgehead atoms. The second kappa shape index (κ2) is 7.24. The zero-order valence-electron chi connectivity index (χ0n) is 13.1. The predicted octanol–water partition coefficient (Wildman–Crippen LogP) is 3.46. The van der Waals surface area contributed by atoms with Gasteiger partial charge in [0.15, 0.2) is 0 Å². The van der Waals surface area contributed by atoms with Crippen LogP contribution in [0.15, 0.2) is 30.3 Å². The number of nitrogens with two attached hydrogens (primary N) is 1. The molecule has 1 atom stereocenters. The fraction of sp³-hybridized carbons (Fsp3) is 0.667. The average Bonchev–Trinajstić information content (AvgIpc) is 2.45. The van der Waals surface area contributed by atoms with Gasteiger partial charge in [-0.25, -0.2) is 0 Å². The third-order valence-corrected chi connectivity index (χ3v) is 5.08. The van der Waals surface area contributed by atoms with Crippen molar-refractivity contribution >= 4 is 0 Å². The highest BCUT2D eigenvalue weighted by atomic mass is 15.2. The van der Waals surface area contributed by atoms with Crippen molar-refractivity contribution in [2.45, 2.75) is 51.5 Å². The van der Waals surface area contributed by atoms with E-state index in [0.29, 0.717) is 0 Å². The number of hydrogen-bond donors (Lipinski definition) is 1. The summed E-state index contributed by atoms with van der Waals surface area (Å²) in [5.41, 5.74) is 7.70. The average molecular weight is 274 g/mol. The Bertz CT molecular complexity index is 386. The largest absolute Gasteiger partial charge is 0.329 e. The lowest BCUT2D eigenvalue weighted by Crippen LogP contribution is -2.54. The topological polar surface area (TPSA) is 29.3 Å². The summed E-state index contributed by atoms with van der Waals surface area (Å²) in [5, 5.41) is 0. The van der Waals surface area contributed by atoms with Crippen molar-refractivity contribution in [1.82, 2.24) is 4.90 Å². The van der Waals surface area contributed by atoms with E-state index in [-0.39, 0.29) is 5.54 Å². The Morgan fingerprint density at radius 1 is 1.25 bits per heavy atom. The first-order valence-electron chi connectivity index (χ1n) is 8.17. The molecule has 0 saturated heterocycles. The fourth-order valence-electron chi connectivity index (χ4n) is 3.17. The quantitative estimate of drug-likeness (QED) is 0.786. The summed E-state index contributed by atoms with van der Waals surface area (Å²) >= 11 is 0. The lowest BCUT2D eigenvalue weighted by molar-refractivity contribution is 0.0696. The standard InChI is InChI=1S/C18H30N2/c1-3-20(14-17-10-7-11-17)18(2,15-19)13-12-16-8-5-4-6-9-16/h4-6,8-9,17H,3,7,10-15,19H2,1-2H3. The van der Waals surface area contributed by atoms with Crippen LogP contribution in [0.4, 0.5) is 0 Å². The Morgan fingerprint density at radius 2 is 1.95 bits per heavy atom. The highest BCUT2D eigenvalue weighted by Gasteiger charge is 2.32. The van der Waals surface area contributed by atoms with Crippen molar-refractivity contribution in [2.24, 2.45) is 11.7 Å². The Labute approximate surface area is 124 Å². The molecule has 0 aromatic heterocycles. The maximum Gasteiger partial charge on any atom is 0.0306 e. The summed E-state index contributed by atoms with van der Waals surface area (Å²) in [6.07, 6.45) is 6.51. The van der Waals surface area contributed by atoms with Gasteiger partial charge in [-0.05, 0) is 50.6 Å². The van der Waals surface area contributed by atoms with E-state index in [4.69, 9.17) is 5.73 Å². The van der Waals surface area contributed by atoms with Crippen molar-refractivity contribution in [1.29, 1.82) is 0 Å². The van der Waals surface area contributed by atoms with Crippen LogP contribution in [-0.2, 0) is 6.42 Å². The summed E-state index contributed by atoms with van der Waals surface area (Å²) in [6.45, 7) is 7.71. The van der Waals surface area contributed by atoms with Crippen molar-refractivity contribution in [3.8, 4) is 0 Å². The van der Waals surface area contributed by atoms with Gasteiger partial charge in [-0.1, -0.05) is 43.7 Å². The van der Waals surface area contributed by atoms with Gasteiger partial charge in [0.25, 0.3) is 0 Å². The first-order chi connectivity index (χ1) is 9.68. The Morgan fingerprint density at radius 3 is 2.45 bits per heavy atom. The van der Waals surface area contributed by atoms with E-state index < -0.39 is 0 Å². The predicted molar refractivity (Wildman–Crippen MR) is 86.8 cm³/mol. The van der Waals surface area contributed by atoms with Gasteiger partial charge in [0, 0.05) is 18.6 Å². The number of rotatable bonds is 8. The molecule has 1 unspecified atom stereocenters. The van der Waals surface area contributed by atoms with Crippen molar-refractivity contribution in [3.05, 3.63) is 35.9 Å². The third kappa shape index (κ3) is 3.83. The first-order valence-corrected chi connectivity index (χ1v) is 8.17. The zero-order chi connectivity index (χ0) is 14.4. The monoisotopic (exact) mass is 274 g/mol. The molecule has 0 aliphatic heterocycles. The van der Waals surface area contributed by atoms with E-state index in [0.717, 1.165) is 31.8 Å². The van der Waals surface area contributed by atoms with Gasteiger partial charge in [0.1, 0.15) is 0 Å². The summed E-state index contributed by atoms with van der Waals surface area (Å²) in [4.78, 5) is 2.62. The molecule has 2 rings (SSSR count). The molecule has 1 aromatic carbocycles. The maximum atomic E-state index is 6.14. The minimum atomic E-state index is 0.139. The van der Waals surface area contributed by atoms with Crippen LogP contribution >= 0.6 is 0 Å². The molecule has 1 fully saturated rings. The minimum absolute atomic E-state index is 0.139. The van der Waals surface area contributed by atoms with Crippen LogP contribution in [0.25, 0.3) is 0 Å². The molecule has 0 spiro atoms. The lowest BCUT2D eigenvalue weighted by Gasteiger charge is -2.44. The molecule has 112 valence electrons. The van der Waals surface area contributed by atoms with Crippen molar-refractivity contribution in [2.75, 3.05) is 19.6 Å². The number of likely N-dealkylation sites (N-methyl/N-ethyl adjacent to an activating group) is 1. The minimum Gasteiger partial charge on any atom is -0.329 e. The summed E-state index contributed by atoms with van der Waals surface area (Å²) in [6, 6.07) is 10.8. The second-order valence-corrected chi connectivity index (χ2v) is 6.52. The second-order valence-electron chi connectivity index (χ2n) is 6.52. The van der Waals surface area contributed by atoms with Gasteiger partial charge in [0.05, 0.1) is 0 Å². The normalized spacial score (nSPS) is 18.8. The Balaban J connectivity index is 1.94. The van der Waals surface area contributed by atoms with Crippen LogP contribution < -0.4 is 5.73 Å². The van der Waals surface area contributed by atoms with Crippen LogP contribution in [0.1, 0.15) is 45.1 Å². The molecule has 2 N–H and O–H groups in total. The highest BCUT2D eigenvalue weighted by molar-refractivity contribution is 5.15. The molecule has 0 radical (unpaired) electrons. The number of benzene rings is 1. The summed E-state index contributed by atoms with van der Waals surface area (Å²) in [7, 11) is 0. The summed E-state index contributed by atoms with van der Waals surface area (Å²) in [5.74, 6) is 0.914. The smallest absolute Gasteiger partial charge is 0.0306 e. The molecular weight excluding hydrogens is 244 g/mol. The number of nitrogens with zero attached hydrogens (tertiary/aromatic N) is 1. The number of hydrogen-bond acceptors (Lipinski definition) is 2. The molecule has 1 aromatic rings. The van der Waals surface area contributed by atoms with Gasteiger partial charge < -0.3 is 5.73 Å². The molecule has 2 heteroatoms. The Kier molecular flexibility index (Phi) is 5.62. The van der Waals surface area contributed by atoms with Crippen LogP contribution in [0.5, 0.6) is 0 Å². The molecule has 1 aliphatic carbocycles. The lowest BCUT2D eigenvalue weighted by atomic mass is 9.83. The highest BCUT2D eigenvalue weighted by Crippen LogP contribution is 2.30. The summed E-state index contributed by atoms with van der Waals surface area (Å²) < 4.78 is 0. The molecule has 2 nitrogen and oxygen atoms in total. The van der Waals surface area contributed by atoms with Gasteiger partial charge in [-0.3, -0.25) is 4.90 Å². The van der Waals surface area contributed by atoms with E-state index in [1.165, 1.54) is 31.4 Å².